The summed E-state index contributed by atoms with van der Waals surface area (Å²) in [6.07, 6.45) is 0.770. The number of nitrogens with zero attached hydrogens (tertiary/aromatic N) is 3. The number of amides is 1. The van der Waals surface area contributed by atoms with E-state index in [-0.39, 0.29) is 36.7 Å². The predicted octanol–water partition coefficient (Wildman–Crippen LogP) is 5.84. The summed E-state index contributed by atoms with van der Waals surface area (Å²) in [7, 11) is 0. The van der Waals surface area contributed by atoms with Gasteiger partial charge in [0.2, 0.25) is 11.8 Å². The fraction of sp³-hybridized carbons (Fsp3) is 0.333. The van der Waals surface area contributed by atoms with Crippen molar-refractivity contribution in [3.05, 3.63) is 113 Å². The fourth-order valence-corrected chi connectivity index (χ4v) is 5.32. The van der Waals surface area contributed by atoms with E-state index in [4.69, 9.17) is 9.40 Å². The molecule has 0 radical (unpaired) electrons. The Labute approximate surface area is 240 Å². The monoisotopic (exact) mass is 558 g/mol. The molecule has 1 amide bonds. The number of carbonyl (C=O) groups is 1. The number of hydrogen-bond donors (Lipinski definition) is 1. The molecule has 5 rings (SSSR count). The highest BCUT2D eigenvalue weighted by atomic mass is 19.1. The lowest BCUT2D eigenvalue weighted by atomic mass is 9.96. The third-order valence-corrected chi connectivity index (χ3v) is 7.33. The number of rotatable bonds is 10. The van der Waals surface area contributed by atoms with E-state index in [1.807, 2.05) is 30.3 Å². The zero-order chi connectivity index (χ0) is 28.8. The molecule has 0 saturated carbocycles. The Morgan fingerprint density at radius 1 is 0.878 bits per heavy atom. The van der Waals surface area contributed by atoms with Gasteiger partial charge in [-0.1, -0.05) is 68.4 Å². The van der Waals surface area contributed by atoms with Crippen molar-refractivity contribution in [1.82, 2.24) is 20.1 Å². The van der Waals surface area contributed by atoms with Crippen LogP contribution in [0.3, 0.4) is 0 Å². The summed E-state index contributed by atoms with van der Waals surface area (Å²) in [6.45, 7) is 7.60. The van der Waals surface area contributed by atoms with Gasteiger partial charge in [0, 0.05) is 38.2 Å². The van der Waals surface area contributed by atoms with Crippen LogP contribution in [-0.4, -0.2) is 53.4 Å². The van der Waals surface area contributed by atoms with E-state index < -0.39 is 0 Å². The number of oxazole rings is 1. The molecule has 1 fully saturated rings. The number of carbonyl (C=O) groups excluding carboxylic acids is 1. The van der Waals surface area contributed by atoms with Crippen LogP contribution in [0.5, 0.6) is 0 Å². The number of hydrogen-bond acceptors (Lipinski definition) is 5. The van der Waals surface area contributed by atoms with E-state index in [1.165, 1.54) is 24.3 Å². The summed E-state index contributed by atoms with van der Waals surface area (Å²) in [6, 6.07) is 22.8. The average molecular weight is 559 g/mol. The molecule has 8 heteroatoms. The van der Waals surface area contributed by atoms with E-state index in [0.29, 0.717) is 38.0 Å². The van der Waals surface area contributed by atoms with Gasteiger partial charge in [-0.3, -0.25) is 14.6 Å². The summed E-state index contributed by atoms with van der Waals surface area (Å²) in [4.78, 5) is 22.0. The highest BCUT2D eigenvalue weighted by Gasteiger charge is 2.27. The van der Waals surface area contributed by atoms with E-state index in [9.17, 15) is 13.6 Å². The highest BCUT2D eigenvalue weighted by Crippen LogP contribution is 2.30. The first-order valence-corrected chi connectivity index (χ1v) is 14.1. The molecule has 3 aromatic carbocycles. The number of piperazine rings is 1. The largest absolute Gasteiger partial charge is 0.443 e. The number of nitrogens with one attached hydrogen (secondary N) is 1. The molecule has 1 aliphatic heterocycles. The minimum atomic E-state index is -0.292. The van der Waals surface area contributed by atoms with Crippen molar-refractivity contribution in [2.45, 2.75) is 32.9 Å². The Morgan fingerprint density at radius 3 is 2.02 bits per heavy atom. The van der Waals surface area contributed by atoms with Crippen LogP contribution >= 0.6 is 0 Å². The summed E-state index contributed by atoms with van der Waals surface area (Å²) >= 11 is 0. The third-order valence-electron chi connectivity index (χ3n) is 7.33. The Morgan fingerprint density at radius 2 is 1.46 bits per heavy atom. The van der Waals surface area contributed by atoms with Crippen LogP contribution in [0.15, 0.2) is 83.3 Å². The van der Waals surface area contributed by atoms with Gasteiger partial charge in [-0.25, -0.2) is 13.8 Å². The molecular weight excluding hydrogens is 522 g/mol. The second-order valence-corrected chi connectivity index (χ2v) is 10.9. The van der Waals surface area contributed by atoms with Crippen LogP contribution in [0.4, 0.5) is 8.78 Å². The van der Waals surface area contributed by atoms with Crippen LogP contribution < -0.4 is 5.32 Å². The SMILES string of the molecule is CC(C)Cc1oc(CNC(=O)CN2CCN(C(c3ccc(F)cc3)c3ccc(F)cc3)CC2)nc1-c1ccccc1. The third kappa shape index (κ3) is 7.45. The normalized spacial score (nSPS) is 14.6. The first-order chi connectivity index (χ1) is 19.9. The Hall–Kier alpha value is -3.88. The van der Waals surface area contributed by atoms with Gasteiger partial charge in [0.25, 0.3) is 0 Å². The topological polar surface area (TPSA) is 61.6 Å². The molecule has 2 heterocycles. The molecule has 1 saturated heterocycles. The zero-order valence-electron chi connectivity index (χ0n) is 23.5. The zero-order valence-corrected chi connectivity index (χ0v) is 23.5. The van der Waals surface area contributed by atoms with Crippen molar-refractivity contribution < 1.29 is 18.0 Å². The molecule has 1 aliphatic rings. The molecule has 6 nitrogen and oxygen atoms in total. The maximum absolute atomic E-state index is 13.6. The summed E-state index contributed by atoms with van der Waals surface area (Å²) < 4.78 is 33.3. The number of aromatic nitrogens is 1. The molecule has 0 bridgehead atoms. The van der Waals surface area contributed by atoms with Gasteiger partial charge in [-0.05, 0) is 41.3 Å². The number of halogens is 2. The molecule has 0 atom stereocenters. The van der Waals surface area contributed by atoms with Crippen molar-refractivity contribution in [3.8, 4) is 11.3 Å². The lowest BCUT2D eigenvalue weighted by Crippen LogP contribution is -2.50. The predicted molar refractivity (Wildman–Crippen MR) is 155 cm³/mol. The first kappa shape index (κ1) is 28.6. The maximum Gasteiger partial charge on any atom is 0.234 e. The van der Waals surface area contributed by atoms with Crippen LogP contribution in [0.2, 0.25) is 0 Å². The minimum Gasteiger partial charge on any atom is -0.443 e. The van der Waals surface area contributed by atoms with Gasteiger partial charge < -0.3 is 9.73 Å². The second-order valence-electron chi connectivity index (χ2n) is 10.9. The smallest absolute Gasteiger partial charge is 0.234 e. The van der Waals surface area contributed by atoms with Gasteiger partial charge in [-0.2, -0.15) is 0 Å². The lowest BCUT2D eigenvalue weighted by molar-refractivity contribution is -0.123. The van der Waals surface area contributed by atoms with E-state index >= 15 is 0 Å². The molecule has 0 unspecified atom stereocenters. The van der Waals surface area contributed by atoms with Gasteiger partial charge in [-0.15, -0.1) is 0 Å². The van der Waals surface area contributed by atoms with Crippen molar-refractivity contribution in [2.24, 2.45) is 5.92 Å². The molecule has 4 aromatic rings. The van der Waals surface area contributed by atoms with E-state index in [2.05, 4.69) is 29.0 Å². The molecule has 0 spiro atoms. The van der Waals surface area contributed by atoms with Crippen molar-refractivity contribution >= 4 is 5.91 Å². The summed E-state index contributed by atoms with van der Waals surface area (Å²) in [5.41, 5.74) is 3.72. The molecule has 41 heavy (non-hydrogen) atoms. The first-order valence-electron chi connectivity index (χ1n) is 14.1. The van der Waals surface area contributed by atoms with Crippen LogP contribution in [0.25, 0.3) is 11.3 Å². The molecule has 214 valence electrons. The second kappa shape index (κ2) is 13.2. The fourth-order valence-electron chi connectivity index (χ4n) is 5.32. The Kier molecular flexibility index (Phi) is 9.21. The van der Waals surface area contributed by atoms with Crippen LogP contribution in [-0.2, 0) is 17.8 Å². The van der Waals surface area contributed by atoms with Crippen LogP contribution in [0.1, 0.15) is 42.7 Å². The molecular formula is C33H36F2N4O2. The van der Waals surface area contributed by atoms with Crippen molar-refractivity contribution in [2.75, 3.05) is 32.7 Å². The van der Waals surface area contributed by atoms with E-state index in [1.54, 1.807) is 24.3 Å². The molecule has 1 N–H and O–H groups in total. The van der Waals surface area contributed by atoms with Crippen LogP contribution in [0, 0.1) is 17.6 Å². The summed E-state index contributed by atoms with van der Waals surface area (Å²) in [5, 5.41) is 2.97. The summed E-state index contributed by atoms with van der Waals surface area (Å²) in [5.74, 6) is 1.08. The quantitative estimate of drug-likeness (QED) is 0.265. The van der Waals surface area contributed by atoms with Crippen molar-refractivity contribution in [3.63, 3.8) is 0 Å². The Bertz CT molecular complexity index is 1370. The van der Waals surface area contributed by atoms with Gasteiger partial charge in [0.15, 0.2) is 0 Å². The molecule has 1 aromatic heterocycles. The number of benzene rings is 3. The van der Waals surface area contributed by atoms with Crippen molar-refractivity contribution in [1.29, 1.82) is 0 Å². The Balaban J connectivity index is 1.18. The van der Waals surface area contributed by atoms with Gasteiger partial charge in [0.05, 0.1) is 19.1 Å². The molecule has 0 aliphatic carbocycles. The average Bonchev–Trinajstić information content (AvgIpc) is 3.37. The lowest BCUT2D eigenvalue weighted by Gasteiger charge is -2.39. The van der Waals surface area contributed by atoms with Gasteiger partial charge in [0.1, 0.15) is 23.1 Å². The standard InChI is InChI=1S/C33H36F2N4O2/c1-23(2)20-29-32(24-6-4-3-5-7-24)37-31(41-29)21-36-30(40)22-38-16-18-39(19-17-38)33(25-8-12-27(34)13-9-25)26-10-14-28(35)15-11-26/h3-15,23,33H,16-22H2,1-2H3,(H,36,40). The van der Waals surface area contributed by atoms with Gasteiger partial charge >= 0.3 is 0 Å². The van der Waals surface area contributed by atoms with E-state index in [0.717, 1.165) is 34.6 Å². The highest BCUT2D eigenvalue weighted by molar-refractivity contribution is 5.78. The maximum atomic E-state index is 13.6. The minimum absolute atomic E-state index is 0.0862.